The molecule has 5 heteroatoms. The number of aromatic nitrogens is 1. The van der Waals surface area contributed by atoms with E-state index in [1.807, 2.05) is 47.4 Å². The van der Waals surface area contributed by atoms with E-state index in [0.29, 0.717) is 5.92 Å². The Bertz CT molecular complexity index is 925. The summed E-state index contributed by atoms with van der Waals surface area (Å²) in [7, 11) is 0. The van der Waals surface area contributed by atoms with Crippen molar-refractivity contribution in [2.45, 2.75) is 37.5 Å². The van der Waals surface area contributed by atoms with E-state index in [2.05, 4.69) is 24.9 Å². The van der Waals surface area contributed by atoms with Crippen LogP contribution >= 0.6 is 11.8 Å². The molecule has 4 nitrogen and oxygen atoms in total. The van der Waals surface area contributed by atoms with Crippen molar-refractivity contribution in [1.29, 1.82) is 0 Å². The maximum atomic E-state index is 13.1. The lowest BCUT2D eigenvalue weighted by Crippen LogP contribution is -2.38. The number of amides is 1. The molecule has 0 N–H and O–H groups in total. The summed E-state index contributed by atoms with van der Waals surface area (Å²) >= 11 is 1.77. The number of fused-ring (bicyclic) bond motifs is 1. The van der Waals surface area contributed by atoms with Gasteiger partial charge in [0.2, 0.25) is 0 Å². The largest absolute Gasteiger partial charge is 0.440 e. The molecule has 1 amide bonds. The summed E-state index contributed by atoms with van der Waals surface area (Å²) in [6, 6.07) is 15.9. The normalized spacial score (nSPS) is 15.5. The molecular weight excluding hydrogens is 368 g/mol. The number of likely N-dealkylation sites (tertiary alicyclic amines) is 1. The number of para-hydroxylation sites is 2. The summed E-state index contributed by atoms with van der Waals surface area (Å²) in [6.07, 6.45) is 1.78. The lowest BCUT2D eigenvalue weighted by Gasteiger charge is -2.31. The minimum Gasteiger partial charge on any atom is -0.440 e. The van der Waals surface area contributed by atoms with Gasteiger partial charge >= 0.3 is 0 Å². The van der Waals surface area contributed by atoms with Crippen molar-refractivity contribution >= 4 is 28.8 Å². The highest BCUT2D eigenvalue weighted by Gasteiger charge is 2.28. The van der Waals surface area contributed by atoms with Crippen molar-refractivity contribution in [1.82, 2.24) is 9.88 Å². The molecule has 0 spiro atoms. The number of rotatable bonds is 5. The summed E-state index contributed by atoms with van der Waals surface area (Å²) in [5, 5.41) is 0. The molecule has 146 valence electrons. The Labute approximate surface area is 170 Å². The average molecular weight is 395 g/mol. The Morgan fingerprint density at radius 3 is 2.61 bits per heavy atom. The molecule has 3 aromatic rings. The van der Waals surface area contributed by atoms with Crippen molar-refractivity contribution in [3.8, 4) is 0 Å². The summed E-state index contributed by atoms with van der Waals surface area (Å²) in [5.74, 6) is 2.84. The number of carbonyl (C=O) groups excluding carboxylic acids is 1. The number of nitrogens with zero attached hydrogens (tertiary/aromatic N) is 2. The molecule has 0 aliphatic carbocycles. The van der Waals surface area contributed by atoms with Crippen molar-refractivity contribution in [2.24, 2.45) is 5.92 Å². The molecule has 0 bridgehead atoms. The standard InChI is InChI=1S/C23H26N2O2S/c1-16(2)15-28-21-10-6-3-7-18(21)23(26)25-13-11-17(12-14-25)22-24-19-8-4-5-9-20(19)27-22/h3-10,16-17H,11-15H2,1-2H3. The van der Waals surface area contributed by atoms with Crippen LogP contribution in [0.4, 0.5) is 0 Å². The molecule has 1 aliphatic rings. The zero-order valence-corrected chi connectivity index (χ0v) is 17.2. The van der Waals surface area contributed by atoms with Gasteiger partial charge in [-0.2, -0.15) is 0 Å². The van der Waals surface area contributed by atoms with E-state index < -0.39 is 0 Å². The van der Waals surface area contributed by atoms with Gasteiger partial charge in [0.15, 0.2) is 11.5 Å². The molecule has 2 aromatic carbocycles. The summed E-state index contributed by atoms with van der Waals surface area (Å²) < 4.78 is 5.94. The van der Waals surface area contributed by atoms with Crippen LogP contribution in [0.15, 0.2) is 57.8 Å². The number of carbonyl (C=O) groups is 1. The first-order valence-corrected chi connectivity index (χ1v) is 11.0. The molecule has 0 saturated carbocycles. The van der Waals surface area contributed by atoms with E-state index in [0.717, 1.165) is 59.1 Å². The van der Waals surface area contributed by atoms with Crippen LogP contribution in [-0.4, -0.2) is 34.6 Å². The maximum absolute atomic E-state index is 13.1. The summed E-state index contributed by atoms with van der Waals surface area (Å²) in [5.41, 5.74) is 2.58. The summed E-state index contributed by atoms with van der Waals surface area (Å²) in [4.78, 5) is 20.8. The van der Waals surface area contributed by atoms with Gasteiger partial charge in [-0.1, -0.05) is 38.1 Å². The third-order valence-electron chi connectivity index (χ3n) is 5.13. The third-order valence-corrected chi connectivity index (χ3v) is 6.63. The van der Waals surface area contributed by atoms with Crippen LogP contribution in [0.25, 0.3) is 11.1 Å². The molecule has 1 aromatic heterocycles. The SMILES string of the molecule is CC(C)CSc1ccccc1C(=O)N1CCC(c2nc3ccccc3o2)CC1. The van der Waals surface area contributed by atoms with Crippen LogP contribution in [0.2, 0.25) is 0 Å². The molecule has 0 unspecified atom stereocenters. The second kappa shape index (κ2) is 8.39. The van der Waals surface area contributed by atoms with E-state index in [4.69, 9.17) is 4.42 Å². The smallest absolute Gasteiger partial charge is 0.254 e. The van der Waals surface area contributed by atoms with Gasteiger partial charge in [0.1, 0.15) is 5.52 Å². The number of benzene rings is 2. The number of hydrogen-bond acceptors (Lipinski definition) is 4. The topological polar surface area (TPSA) is 46.3 Å². The fourth-order valence-electron chi connectivity index (χ4n) is 3.59. The highest BCUT2D eigenvalue weighted by Crippen LogP contribution is 2.32. The van der Waals surface area contributed by atoms with Crippen LogP contribution in [-0.2, 0) is 0 Å². The van der Waals surface area contributed by atoms with E-state index in [1.165, 1.54) is 0 Å². The Morgan fingerprint density at radius 1 is 1.14 bits per heavy atom. The van der Waals surface area contributed by atoms with E-state index in [-0.39, 0.29) is 11.8 Å². The van der Waals surface area contributed by atoms with Gasteiger partial charge < -0.3 is 9.32 Å². The fourth-order valence-corrected chi connectivity index (χ4v) is 4.59. The highest BCUT2D eigenvalue weighted by atomic mass is 32.2. The van der Waals surface area contributed by atoms with Crippen LogP contribution < -0.4 is 0 Å². The molecule has 0 radical (unpaired) electrons. The highest BCUT2D eigenvalue weighted by molar-refractivity contribution is 7.99. The lowest BCUT2D eigenvalue weighted by molar-refractivity contribution is 0.0703. The molecule has 2 heterocycles. The van der Waals surface area contributed by atoms with Gasteiger partial charge in [-0.25, -0.2) is 4.98 Å². The molecule has 1 fully saturated rings. The van der Waals surface area contributed by atoms with Gasteiger partial charge in [-0.15, -0.1) is 11.8 Å². The molecule has 1 saturated heterocycles. The first-order chi connectivity index (χ1) is 13.6. The Morgan fingerprint density at radius 2 is 1.86 bits per heavy atom. The third kappa shape index (κ3) is 4.09. The van der Waals surface area contributed by atoms with Gasteiger partial charge in [-0.05, 0) is 43.0 Å². The Hall–Kier alpha value is -2.27. The number of thioether (sulfide) groups is 1. The van der Waals surface area contributed by atoms with Gasteiger partial charge in [-0.3, -0.25) is 4.79 Å². The zero-order valence-electron chi connectivity index (χ0n) is 16.4. The molecule has 0 atom stereocenters. The predicted molar refractivity (Wildman–Crippen MR) is 114 cm³/mol. The van der Waals surface area contributed by atoms with E-state index >= 15 is 0 Å². The van der Waals surface area contributed by atoms with Crippen LogP contribution in [0.5, 0.6) is 0 Å². The van der Waals surface area contributed by atoms with Gasteiger partial charge in [0.05, 0.1) is 5.56 Å². The number of oxazole rings is 1. The zero-order chi connectivity index (χ0) is 19.5. The van der Waals surface area contributed by atoms with Crippen molar-refractivity contribution in [3.05, 3.63) is 60.0 Å². The van der Waals surface area contributed by atoms with Crippen LogP contribution in [0.3, 0.4) is 0 Å². The first-order valence-electron chi connectivity index (χ1n) is 9.98. The van der Waals surface area contributed by atoms with E-state index in [1.54, 1.807) is 11.8 Å². The number of piperidine rings is 1. The van der Waals surface area contributed by atoms with Crippen molar-refractivity contribution in [3.63, 3.8) is 0 Å². The van der Waals surface area contributed by atoms with Crippen molar-refractivity contribution < 1.29 is 9.21 Å². The number of hydrogen-bond donors (Lipinski definition) is 0. The molecule has 28 heavy (non-hydrogen) atoms. The second-order valence-electron chi connectivity index (χ2n) is 7.79. The predicted octanol–water partition coefficient (Wildman–Crippen LogP) is 5.60. The van der Waals surface area contributed by atoms with Crippen molar-refractivity contribution in [2.75, 3.05) is 18.8 Å². The summed E-state index contributed by atoms with van der Waals surface area (Å²) in [6.45, 7) is 5.89. The monoisotopic (exact) mass is 394 g/mol. The second-order valence-corrected chi connectivity index (χ2v) is 8.85. The molecule has 4 rings (SSSR count). The van der Waals surface area contributed by atoms with Crippen LogP contribution in [0.1, 0.15) is 48.9 Å². The van der Waals surface area contributed by atoms with Crippen LogP contribution in [0, 0.1) is 5.92 Å². The molecule has 1 aliphatic heterocycles. The molecular formula is C23H26N2O2S. The lowest BCUT2D eigenvalue weighted by atomic mass is 9.96. The average Bonchev–Trinajstić information content (AvgIpc) is 3.16. The minimum absolute atomic E-state index is 0.142. The fraction of sp³-hybridized carbons (Fsp3) is 0.391. The minimum atomic E-state index is 0.142. The van der Waals surface area contributed by atoms with E-state index in [9.17, 15) is 4.79 Å². The first kappa shape index (κ1) is 19.1. The van der Waals surface area contributed by atoms with Gasteiger partial charge in [0, 0.05) is 29.7 Å². The van der Waals surface area contributed by atoms with Gasteiger partial charge in [0.25, 0.3) is 5.91 Å². The quantitative estimate of drug-likeness (QED) is 0.529. The Balaban J connectivity index is 1.43. The Kier molecular flexibility index (Phi) is 5.72. The maximum Gasteiger partial charge on any atom is 0.254 e.